The standard InChI is InChI=1S/C14H14BrN/c1-10-8-12(4-7-14(10)16)9-11-2-5-13(15)6-3-11/h2-8H,9,16H2,1H3. The number of nitrogens with two attached hydrogens (primary N) is 1. The number of hydrogen-bond acceptors (Lipinski definition) is 1. The minimum atomic E-state index is 0.861. The first-order chi connectivity index (χ1) is 7.65. The normalized spacial score (nSPS) is 10.4. The largest absolute Gasteiger partial charge is 0.399 e. The van der Waals surface area contributed by atoms with Crippen molar-refractivity contribution in [3.63, 3.8) is 0 Å². The Bertz CT molecular complexity index is 489. The quantitative estimate of drug-likeness (QED) is 0.826. The summed E-state index contributed by atoms with van der Waals surface area (Å²) in [7, 11) is 0. The molecule has 0 aliphatic heterocycles. The van der Waals surface area contributed by atoms with Gasteiger partial charge in [0.15, 0.2) is 0 Å². The van der Waals surface area contributed by atoms with Gasteiger partial charge in [0.1, 0.15) is 0 Å². The molecule has 0 aliphatic rings. The number of benzene rings is 2. The molecule has 2 rings (SSSR count). The van der Waals surface area contributed by atoms with Crippen molar-refractivity contribution in [2.45, 2.75) is 13.3 Å². The maximum atomic E-state index is 5.80. The van der Waals surface area contributed by atoms with Crippen molar-refractivity contribution in [1.82, 2.24) is 0 Å². The molecular weight excluding hydrogens is 262 g/mol. The van der Waals surface area contributed by atoms with Crippen molar-refractivity contribution in [3.8, 4) is 0 Å². The molecule has 0 amide bonds. The van der Waals surface area contributed by atoms with E-state index in [2.05, 4.69) is 52.3 Å². The third kappa shape index (κ3) is 2.64. The van der Waals surface area contributed by atoms with E-state index in [1.165, 1.54) is 11.1 Å². The maximum absolute atomic E-state index is 5.80. The Morgan fingerprint density at radius 3 is 2.25 bits per heavy atom. The summed E-state index contributed by atoms with van der Waals surface area (Å²) in [5.74, 6) is 0. The molecule has 0 bridgehead atoms. The van der Waals surface area contributed by atoms with Crippen LogP contribution in [0.15, 0.2) is 46.9 Å². The molecule has 0 unspecified atom stereocenters. The molecule has 2 aromatic carbocycles. The van der Waals surface area contributed by atoms with Crippen molar-refractivity contribution >= 4 is 21.6 Å². The van der Waals surface area contributed by atoms with Crippen LogP contribution in [-0.4, -0.2) is 0 Å². The van der Waals surface area contributed by atoms with Crippen LogP contribution in [0.5, 0.6) is 0 Å². The third-order valence-corrected chi connectivity index (χ3v) is 3.18. The van der Waals surface area contributed by atoms with Crippen molar-refractivity contribution < 1.29 is 0 Å². The van der Waals surface area contributed by atoms with Crippen LogP contribution in [0.4, 0.5) is 5.69 Å². The van der Waals surface area contributed by atoms with Gasteiger partial charge in [0, 0.05) is 10.2 Å². The summed E-state index contributed by atoms with van der Waals surface area (Å²) < 4.78 is 1.12. The van der Waals surface area contributed by atoms with Gasteiger partial charge in [0.25, 0.3) is 0 Å². The van der Waals surface area contributed by atoms with E-state index in [1.54, 1.807) is 0 Å². The number of halogens is 1. The first-order valence-corrected chi connectivity index (χ1v) is 6.04. The van der Waals surface area contributed by atoms with Gasteiger partial charge in [-0.2, -0.15) is 0 Å². The minimum absolute atomic E-state index is 0.861. The summed E-state index contributed by atoms with van der Waals surface area (Å²) in [4.78, 5) is 0. The average molecular weight is 276 g/mol. The van der Waals surface area contributed by atoms with Gasteiger partial charge < -0.3 is 5.73 Å². The SMILES string of the molecule is Cc1cc(Cc2ccc(Br)cc2)ccc1N. The summed E-state index contributed by atoms with van der Waals surface area (Å²) in [6, 6.07) is 14.6. The molecule has 82 valence electrons. The second-order valence-corrected chi connectivity index (χ2v) is 4.91. The third-order valence-electron chi connectivity index (χ3n) is 2.66. The highest BCUT2D eigenvalue weighted by Crippen LogP contribution is 2.17. The lowest BCUT2D eigenvalue weighted by Gasteiger charge is -2.05. The van der Waals surface area contributed by atoms with Crippen LogP contribution in [0.3, 0.4) is 0 Å². The first-order valence-electron chi connectivity index (χ1n) is 5.24. The Morgan fingerprint density at radius 1 is 1.00 bits per heavy atom. The predicted molar refractivity (Wildman–Crippen MR) is 72.5 cm³/mol. The van der Waals surface area contributed by atoms with Crippen LogP contribution in [0.1, 0.15) is 16.7 Å². The van der Waals surface area contributed by atoms with Crippen LogP contribution < -0.4 is 5.73 Å². The Kier molecular flexibility index (Phi) is 3.30. The maximum Gasteiger partial charge on any atom is 0.0343 e. The summed E-state index contributed by atoms with van der Waals surface area (Å²) in [5.41, 5.74) is 10.4. The van der Waals surface area contributed by atoms with Gasteiger partial charge in [-0.15, -0.1) is 0 Å². The van der Waals surface area contributed by atoms with Gasteiger partial charge in [-0.3, -0.25) is 0 Å². The predicted octanol–water partition coefficient (Wildman–Crippen LogP) is 3.93. The molecule has 0 saturated carbocycles. The van der Waals surface area contributed by atoms with E-state index in [-0.39, 0.29) is 0 Å². The van der Waals surface area contributed by atoms with Gasteiger partial charge in [-0.05, 0) is 48.2 Å². The molecule has 16 heavy (non-hydrogen) atoms. The number of anilines is 1. The lowest BCUT2D eigenvalue weighted by atomic mass is 10.0. The van der Waals surface area contributed by atoms with E-state index in [0.717, 1.165) is 22.1 Å². The van der Waals surface area contributed by atoms with Gasteiger partial charge in [-0.1, -0.05) is 40.2 Å². The molecule has 0 heterocycles. The lowest BCUT2D eigenvalue weighted by molar-refractivity contribution is 1.18. The van der Waals surface area contributed by atoms with Gasteiger partial charge >= 0.3 is 0 Å². The zero-order valence-corrected chi connectivity index (χ0v) is 10.8. The molecule has 0 aromatic heterocycles. The Labute approximate surface area is 104 Å². The van der Waals surface area contributed by atoms with Gasteiger partial charge in [-0.25, -0.2) is 0 Å². The van der Waals surface area contributed by atoms with E-state index in [9.17, 15) is 0 Å². The molecule has 2 heteroatoms. The van der Waals surface area contributed by atoms with Crippen LogP contribution in [0, 0.1) is 6.92 Å². The highest BCUT2D eigenvalue weighted by atomic mass is 79.9. The fourth-order valence-electron chi connectivity index (χ4n) is 1.69. The van der Waals surface area contributed by atoms with Crippen molar-refractivity contribution in [2.75, 3.05) is 5.73 Å². The van der Waals surface area contributed by atoms with Crippen molar-refractivity contribution in [1.29, 1.82) is 0 Å². The van der Waals surface area contributed by atoms with Crippen LogP contribution in [0.25, 0.3) is 0 Å². The summed E-state index contributed by atoms with van der Waals surface area (Å²) in [5, 5.41) is 0. The molecular formula is C14H14BrN. The highest BCUT2D eigenvalue weighted by Gasteiger charge is 1.99. The van der Waals surface area contributed by atoms with E-state index < -0.39 is 0 Å². The molecule has 0 radical (unpaired) electrons. The molecule has 1 nitrogen and oxygen atoms in total. The zero-order chi connectivity index (χ0) is 11.5. The average Bonchev–Trinajstić information content (AvgIpc) is 2.27. The summed E-state index contributed by atoms with van der Waals surface area (Å²) >= 11 is 3.44. The summed E-state index contributed by atoms with van der Waals surface area (Å²) in [6.07, 6.45) is 0.953. The van der Waals surface area contributed by atoms with Gasteiger partial charge in [0.05, 0.1) is 0 Å². The second kappa shape index (κ2) is 4.71. The molecule has 0 fully saturated rings. The Morgan fingerprint density at radius 2 is 1.62 bits per heavy atom. The number of rotatable bonds is 2. The van der Waals surface area contributed by atoms with Crippen molar-refractivity contribution in [2.24, 2.45) is 0 Å². The highest BCUT2D eigenvalue weighted by molar-refractivity contribution is 9.10. The fraction of sp³-hybridized carbons (Fsp3) is 0.143. The van der Waals surface area contributed by atoms with E-state index in [4.69, 9.17) is 5.73 Å². The number of nitrogen functional groups attached to an aromatic ring is 1. The Balaban J connectivity index is 2.20. The monoisotopic (exact) mass is 275 g/mol. The lowest BCUT2D eigenvalue weighted by Crippen LogP contribution is -1.93. The van der Waals surface area contributed by atoms with Crippen LogP contribution in [-0.2, 0) is 6.42 Å². The smallest absolute Gasteiger partial charge is 0.0343 e. The van der Waals surface area contributed by atoms with Crippen LogP contribution >= 0.6 is 15.9 Å². The summed E-state index contributed by atoms with van der Waals surface area (Å²) in [6.45, 7) is 2.04. The molecule has 2 aromatic rings. The van der Waals surface area contributed by atoms with E-state index >= 15 is 0 Å². The number of aryl methyl sites for hydroxylation is 1. The zero-order valence-electron chi connectivity index (χ0n) is 9.20. The number of hydrogen-bond donors (Lipinski definition) is 1. The molecule has 0 saturated heterocycles. The Hall–Kier alpha value is -1.28. The van der Waals surface area contributed by atoms with E-state index in [1.807, 2.05) is 13.0 Å². The second-order valence-electron chi connectivity index (χ2n) is 3.99. The van der Waals surface area contributed by atoms with Gasteiger partial charge in [0.2, 0.25) is 0 Å². The first kappa shape index (κ1) is 11.2. The topological polar surface area (TPSA) is 26.0 Å². The van der Waals surface area contributed by atoms with E-state index in [0.29, 0.717) is 0 Å². The molecule has 0 atom stereocenters. The molecule has 2 N–H and O–H groups in total. The fourth-order valence-corrected chi connectivity index (χ4v) is 1.95. The molecule has 0 spiro atoms. The minimum Gasteiger partial charge on any atom is -0.399 e. The van der Waals surface area contributed by atoms with Crippen LogP contribution in [0.2, 0.25) is 0 Å². The molecule has 0 aliphatic carbocycles. The van der Waals surface area contributed by atoms with Crippen molar-refractivity contribution in [3.05, 3.63) is 63.6 Å².